The van der Waals surface area contributed by atoms with E-state index in [1.807, 2.05) is 0 Å². The largest absolute Gasteiger partial charge is 0.487 e. The third kappa shape index (κ3) is 4.89. The van der Waals surface area contributed by atoms with Crippen molar-refractivity contribution in [2.75, 3.05) is 0 Å². The molecule has 0 aliphatic heterocycles. The van der Waals surface area contributed by atoms with E-state index in [0.717, 1.165) is 0 Å². The SMILES string of the molecule is CCC(=O)O[SiH](C)OC(=O)CC. The summed E-state index contributed by atoms with van der Waals surface area (Å²) in [5.74, 6) is -0.615. The first kappa shape index (κ1) is 11.2. The summed E-state index contributed by atoms with van der Waals surface area (Å²) in [6.45, 7) is 5.05. The van der Waals surface area contributed by atoms with Crippen LogP contribution in [-0.4, -0.2) is 21.2 Å². The van der Waals surface area contributed by atoms with Gasteiger partial charge in [0.05, 0.1) is 0 Å². The minimum absolute atomic E-state index is 0.307. The van der Waals surface area contributed by atoms with Gasteiger partial charge in [-0.1, -0.05) is 13.8 Å². The van der Waals surface area contributed by atoms with E-state index < -0.39 is 9.28 Å². The van der Waals surface area contributed by atoms with Gasteiger partial charge in [-0.3, -0.25) is 9.59 Å². The zero-order valence-corrected chi connectivity index (χ0v) is 8.78. The molecular weight excluding hydrogens is 176 g/mol. The molecule has 0 rings (SSSR count). The summed E-state index contributed by atoms with van der Waals surface area (Å²) in [5.41, 5.74) is 0. The van der Waals surface area contributed by atoms with Crippen molar-refractivity contribution in [3.63, 3.8) is 0 Å². The number of hydrogen-bond donors (Lipinski definition) is 0. The van der Waals surface area contributed by atoms with Crippen molar-refractivity contribution in [3.05, 3.63) is 0 Å². The predicted octanol–water partition coefficient (Wildman–Crippen LogP) is 0.743. The summed E-state index contributed by atoms with van der Waals surface area (Å²) < 4.78 is 9.66. The lowest BCUT2D eigenvalue weighted by molar-refractivity contribution is -0.139. The van der Waals surface area contributed by atoms with E-state index in [4.69, 9.17) is 8.85 Å². The smallest absolute Gasteiger partial charge is 0.444 e. The van der Waals surface area contributed by atoms with Crippen molar-refractivity contribution in [2.45, 2.75) is 33.2 Å². The molecule has 0 radical (unpaired) electrons. The van der Waals surface area contributed by atoms with Gasteiger partial charge in [0.25, 0.3) is 11.9 Å². The van der Waals surface area contributed by atoms with E-state index in [2.05, 4.69) is 0 Å². The molecule has 0 aromatic heterocycles. The van der Waals surface area contributed by atoms with Crippen LogP contribution in [0.4, 0.5) is 0 Å². The molecule has 5 heteroatoms. The molecule has 0 fully saturated rings. The van der Waals surface area contributed by atoms with Gasteiger partial charge < -0.3 is 8.85 Å². The Hall–Kier alpha value is -0.843. The highest BCUT2D eigenvalue weighted by Gasteiger charge is 2.14. The molecule has 0 saturated carbocycles. The Balaban J connectivity index is 3.66. The lowest BCUT2D eigenvalue weighted by Gasteiger charge is -2.10. The summed E-state index contributed by atoms with van der Waals surface area (Å²) in [6, 6.07) is 0. The van der Waals surface area contributed by atoms with Gasteiger partial charge in [0.1, 0.15) is 0 Å². The fourth-order valence-electron chi connectivity index (χ4n) is 0.561. The lowest BCUT2D eigenvalue weighted by atomic mass is 10.5. The van der Waals surface area contributed by atoms with Crippen molar-refractivity contribution in [1.82, 2.24) is 0 Å². The molecule has 0 amide bonds. The third-order valence-electron chi connectivity index (χ3n) is 1.17. The van der Waals surface area contributed by atoms with Gasteiger partial charge >= 0.3 is 9.28 Å². The van der Waals surface area contributed by atoms with Gasteiger partial charge in [0, 0.05) is 12.8 Å². The van der Waals surface area contributed by atoms with Gasteiger partial charge in [-0.15, -0.1) is 0 Å². The van der Waals surface area contributed by atoms with Crippen LogP contribution in [0.1, 0.15) is 26.7 Å². The molecule has 0 aliphatic carbocycles. The molecule has 0 unspecified atom stereocenters. The van der Waals surface area contributed by atoms with E-state index in [1.54, 1.807) is 20.4 Å². The molecule has 0 aromatic rings. The molecule has 0 aromatic carbocycles. The Bertz CT molecular complexity index is 151. The van der Waals surface area contributed by atoms with Crippen molar-refractivity contribution >= 4 is 21.2 Å². The van der Waals surface area contributed by atoms with Crippen LogP contribution in [0.2, 0.25) is 6.55 Å². The first-order chi connectivity index (χ1) is 5.60. The third-order valence-corrected chi connectivity index (χ3v) is 2.36. The average Bonchev–Trinajstić information content (AvgIpc) is 2.03. The molecule has 0 heterocycles. The van der Waals surface area contributed by atoms with Crippen molar-refractivity contribution < 1.29 is 18.4 Å². The first-order valence-electron chi connectivity index (χ1n) is 3.99. The van der Waals surface area contributed by atoms with Gasteiger partial charge in [-0.05, 0) is 6.55 Å². The predicted molar refractivity (Wildman–Crippen MR) is 45.8 cm³/mol. The highest BCUT2D eigenvalue weighted by molar-refractivity contribution is 6.47. The molecule has 0 aliphatic rings. The quantitative estimate of drug-likeness (QED) is 0.614. The topological polar surface area (TPSA) is 52.6 Å². The van der Waals surface area contributed by atoms with Gasteiger partial charge in [-0.2, -0.15) is 0 Å². The van der Waals surface area contributed by atoms with Crippen LogP contribution in [0.5, 0.6) is 0 Å². The first-order valence-corrected chi connectivity index (χ1v) is 6.08. The second-order valence-corrected chi connectivity index (χ2v) is 3.86. The maximum atomic E-state index is 10.7. The van der Waals surface area contributed by atoms with E-state index >= 15 is 0 Å². The van der Waals surface area contributed by atoms with Gasteiger partial charge in [-0.25, -0.2) is 0 Å². The van der Waals surface area contributed by atoms with Crippen LogP contribution in [-0.2, 0) is 18.4 Å². The maximum absolute atomic E-state index is 10.7. The Labute approximate surface area is 73.7 Å². The molecule has 70 valence electrons. The Morgan fingerprint density at radius 3 is 1.67 bits per heavy atom. The number of carbonyl (C=O) groups excluding carboxylic acids is 2. The number of carbonyl (C=O) groups is 2. The number of rotatable bonds is 4. The van der Waals surface area contributed by atoms with E-state index in [9.17, 15) is 9.59 Å². The van der Waals surface area contributed by atoms with E-state index in [0.29, 0.717) is 12.8 Å². The average molecular weight is 190 g/mol. The van der Waals surface area contributed by atoms with Crippen LogP contribution in [0.15, 0.2) is 0 Å². The van der Waals surface area contributed by atoms with Crippen molar-refractivity contribution in [3.8, 4) is 0 Å². The molecule has 0 saturated heterocycles. The minimum atomic E-state index is -2.05. The summed E-state index contributed by atoms with van der Waals surface area (Å²) in [6.07, 6.45) is 0.641. The Morgan fingerprint density at radius 2 is 1.42 bits per heavy atom. The monoisotopic (exact) mass is 190 g/mol. The standard InChI is InChI=1S/C7H14O4Si/c1-4-6(8)10-12(3)11-7(9)5-2/h12H,4-5H2,1-3H3. The maximum Gasteiger partial charge on any atom is 0.444 e. The van der Waals surface area contributed by atoms with Crippen LogP contribution in [0.3, 0.4) is 0 Å². The molecule has 0 N–H and O–H groups in total. The highest BCUT2D eigenvalue weighted by atomic mass is 28.3. The summed E-state index contributed by atoms with van der Waals surface area (Å²) in [4.78, 5) is 21.4. The molecule has 0 bridgehead atoms. The molecule has 0 atom stereocenters. The summed E-state index contributed by atoms with van der Waals surface area (Å²) in [5, 5.41) is 0. The molecular formula is C7H14O4Si. The highest BCUT2D eigenvalue weighted by Crippen LogP contribution is 1.95. The zero-order chi connectivity index (χ0) is 9.56. The van der Waals surface area contributed by atoms with Crippen LogP contribution in [0.25, 0.3) is 0 Å². The fourth-order valence-corrected chi connectivity index (χ4v) is 1.68. The normalized spacial score (nSPS) is 9.67. The molecule has 4 nitrogen and oxygen atoms in total. The Kier molecular flexibility index (Phi) is 5.36. The van der Waals surface area contributed by atoms with Crippen LogP contribution in [0, 0.1) is 0 Å². The Morgan fingerprint density at radius 1 is 1.08 bits per heavy atom. The van der Waals surface area contributed by atoms with E-state index in [1.165, 1.54) is 0 Å². The minimum Gasteiger partial charge on any atom is -0.487 e. The van der Waals surface area contributed by atoms with Crippen molar-refractivity contribution in [2.24, 2.45) is 0 Å². The van der Waals surface area contributed by atoms with Crippen LogP contribution >= 0.6 is 0 Å². The second-order valence-electron chi connectivity index (χ2n) is 2.25. The second kappa shape index (κ2) is 5.76. The number of hydrogen-bond acceptors (Lipinski definition) is 4. The zero-order valence-electron chi connectivity index (χ0n) is 7.62. The van der Waals surface area contributed by atoms with Gasteiger partial charge in [0.15, 0.2) is 0 Å². The molecule has 12 heavy (non-hydrogen) atoms. The van der Waals surface area contributed by atoms with E-state index in [-0.39, 0.29) is 11.9 Å². The summed E-state index contributed by atoms with van der Waals surface area (Å²) in [7, 11) is -2.05. The summed E-state index contributed by atoms with van der Waals surface area (Å²) >= 11 is 0. The van der Waals surface area contributed by atoms with Crippen molar-refractivity contribution in [1.29, 1.82) is 0 Å². The fraction of sp³-hybridized carbons (Fsp3) is 0.714. The lowest BCUT2D eigenvalue weighted by Crippen LogP contribution is -2.25. The van der Waals surface area contributed by atoms with Gasteiger partial charge in [0.2, 0.25) is 0 Å². The molecule has 0 spiro atoms. The van der Waals surface area contributed by atoms with Crippen LogP contribution < -0.4 is 0 Å².